The van der Waals surface area contributed by atoms with E-state index < -0.39 is 0 Å². The maximum Gasteiger partial charge on any atom is 0.0152 e. The first kappa shape index (κ1) is 12.2. The molecular formula is C15H27N. The lowest BCUT2D eigenvalue weighted by Crippen LogP contribution is -2.64. The molecule has 0 radical (unpaired) electrons. The van der Waals surface area contributed by atoms with Crippen LogP contribution in [0.2, 0.25) is 0 Å². The van der Waals surface area contributed by atoms with Gasteiger partial charge in [0, 0.05) is 6.04 Å². The van der Waals surface area contributed by atoms with Crippen molar-refractivity contribution >= 4 is 0 Å². The SMILES string of the molecule is C/C=C/CCNC1[C@@H]2CCCC[C@@H]2C1(C)C. The average molecular weight is 221 g/mol. The molecule has 0 amide bonds. The third-order valence-electron chi connectivity index (χ3n) is 4.92. The highest BCUT2D eigenvalue weighted by molar-refractivity contribution is 5.08. The Labute approximate surface area is 101 Å². The number of nitrogens with one attached hydrogen (secondary N) is 1. The first-order valence-electron chi connectivity index (χ1n) is 7.02. The number of hydrogen-bond donors (Lipinski definition) is 1. The topological polar surface area (TPSA) is 12.0 Å². The summed E-state index contributed by atoms with van der Waals surface area (Å²) in [6.07, 6.45) is 11.5. The molecule has 0 heterocycles. The predicted molar refractivity (Wildman–Crippen MR) is 70.5 cm³/mol. The van der Waals surface area contributed by atoms with E-state index >= 15 is 0 Å². The molecule has 2 rings (SSSR count). The molecule has 2 aliphatic carbocycles. The highest BCUT2D eigenvalue weighted by atomic mass is 15.0. The van der Waals surface area contributed by atoms with Crippen LogP contribution in [-0.2, 0) is 0 Å². The van der Waals surface area contributed by atoms with E-state index in [1.807, 2.05) is 0 Å². The minimum Gasteiger partial charge on any atom is -0.313 e. The zero-order chi connectivity index (χ0) is 11.6. The van der Waals surface area contributed by atoms with Crippen LogP contribution < -0.4 is 5.32 Å². The van der Waals surface area contributed by atoms with Crippen molar-refractivity contribution in [2.24, 2.45) is 17.3 Å². The summed E-state index contributed by atoms with van der Waals surface area (Å²) in [6.45, 7) is 8.19. The van der Waals surface area contributed by atoms with Crippen molar-refractivity contribution in [2.75, 3.05) is 6.54 Å². The zero-order valence-corrected chi connectivity index (χ0v) is 11.1. The maximum absolute atomic E-state index is 3.79. The zero-order valence-electron chi connectivity index (χ0n) is 11.1. The van der Waals surface area contributed by atoms with Gasteiger partial charge in [-0.25, -0.2) is 0 Å². The molecule has 2 fully saturated rings. The Morgan fingerprint density at radius 3 is 2.75 bits per heavy atom. The molecule has 0 aliphatic heterocycles. The first-order valence-corrected chi connectivity index (χ1v) is 7.02. The number of hydrogen-bond acceptors (Lipinski definition) is 1. The average Bonchev–Trinajstić information content (AvgIpc) is 2.29. The summed E-state index contributed by atoms with van der Waals surface area (Å²) in [5.41, 5.74) is 0.543. The lowest BCUT2D eigenvalue weighted by Gasteiger charge is -2.61. The second-order valence-electron chi connectivity index (χ2n) is 6.17. The third-order valence-corrected chi connectivity index (χ3v) is 4.92. The van der Waals surface area contributed by atoms with Gasteiger partial charge in [0.25, 0.3) is 0 Å². The fourth-order valence-electron chi connectivity index (χ4n) is 4.05. The van der Waals surface area contributed by atoms with Crippen LogP contribution in [0.3, 0.4) is 0 Å². The van der Waals surface area contributed by atoms with E-state index in [-0.39, 0.29) is 0 Å². The van der Waals surface area contributed by atoms with Crippen molar-refractivity contribution in [2.45, 2.75) is 58.9 Å². The van der Waals surface area contributed by atoms with Gasteiger partial charge in [-0.2, -0.15) is 0 Å². The second-order valence-corrected chi connectivity index (χ2v) is 6.17. The van der Waals surface area contributed by atoms with Gasteiger partial charge in [-0.1, -0.05) is 38.8 Å². The molecule has 2 saturated carbocycles. The molecule has 92 valence electrons. The molecule has 0 spiro atoms. The first-order chi connectivity index (χ1) is 7.68. The van der Waals surface area contributed by atoms with Crippen molar-refractivity contribution in [3.63, 3.8) is 0 Å². The quantitative estimate of drug-likeness (QED) is 0.563. The molecule has 1 unspecified atom stereocenters. The lowest BCUT2D eigenvalue weighted by atomic mass is 9.48. The Hall–Kier alpha value is -0.300. The fraction of sp³-hybridized carbons (Fsp3) is 0.867. The third kappa shape index (κ3) is 2.07. The number of rotatable bonds is 4. The van der Waals surface area contributed by atoms with E-state index in [1.165, 1.54) is 32.1 Å². The van der Waals surface area contributed by atoms with Gasteiger partial charge in [0.15, 0.2) is 0 Å². The summed E-state index contributed by atoms with van der Waals surface area (Å²) in [5.74, 6) is 1.98. The molecule has 0 aromatic carbocycles. The lowest BCUT2D eigenvalue weighted by molar-refractivity contribution is -0.0870. The molecule has 0 aromatic heterocycles. The van der Waals surface area contributed by atoms with E-state index in [0.29, 0.717) is 5.41 Å². The van der Waals surface area contributed by atoms with Gasteiger partial charge in [0.1, 0.15) is 0 Å². The highest BCUT2D eigenvalue weighted by Gasteiger charge is 2.55. The Morgan fingerprint density at radius 2 is 2.00 bits per heavy atom. The molecule has 1 nitrogen and oxygen atoms in total. The molecule has 2 aliphatic rings. The molecule has 3 atom stereocenters. The van der Waals surface area contributed by atoms with Crippen LogP contribution in [0.1, 0.15) is 52.9 Å². The largest absolute Gasteiger partial charge is 0.313 e. The van der Waals surface area contributed by atoms with Crippen LogP contribution in [0.15, 0.2) is 12.2 Å². The highest BCUT2D eigenvalue weighted by Crippen LogP contribution is 2.57. The van der Waals surface area contributed by atoms with Crippen molar-refractivity contribution in [3.05, 3.63) is 12.2 Å². The summed E-state index contributed by atoms with van der Waals surface area (Å²) in [7, 11) is 0. The molecule has 16 heavy (non-hydrogen) atoms. The van der Waals surface area contributed by atoms with Gasteiger partial charge in [-0.3, -0.25) is 0 Å². The molecule has 0 bridgehead atoms. The minimum atomic E-state index is 0.543. The van der Waals surface area contributed by atoms with Gasteiger partial charge < -0.3 is 5.32 Å². The Morgan fingerprint density at radius 1 is 1.25 bits per heavy atom. The van der Waals surface area contributed by atoms with Crippen molar-refractivity contribution in [1.82, 2.24) is 5.32 Å². The maximum atomic E-state index is 3.79. The van der Waals surface area contributed by atoms with Crippen molar-refractivity contribution < 1.29 is 0 Å². The van der Waals surface area contributed by atoms with Crippen LogP contribution in [0.5, 0.6) is 0 Å². The minimum absolute atomic E-state index is 0.543. The van der Waals surface area contributed by atoms with Gasteiger partial charge in [0.2, 0.25) is 0 Å². The van der Waals surface area contributed by atoms with E-state index in [4.69, 9.17) is 0 Å². The Kier molecular flexibility index (Phi) is 3.73. The van der Waals surface area contributed by atoms with Crippen molar-refractivity contribution in [3.8, 4) is 0 Å². The van der Waals surface area contributed by atoms with Gasteiger partial charge in [0.05, 0.1) is 0 Å². The van der Waals surface area contributed by atoms with Crippen molar-refractivity contribution in [1.29, 1.82) is 0 Å². The van der Waals surface area contributed by atoms with E-state index in [1.54, 1.807) is 0 Å². The van der Waals surface area contributed by atoms with Crippen LogP contribution in [0.4, 0.5) is 0 Å². The van der Waals surface area contributed by atoms with Crippen LogP contribution in [0.25, 0.3) is 0 Å². The summed E-state index contributed by atoms with van der Waals surface area (Å²) < 4.78 is 0. The predicted octanol–water partition coefficient (Wildman–Crippen LogP) is 3.76. The van der Waals surface area contributed by atoms with E-state index in [0.717, 1.165) is 24.4 Å². The van der Waals surface area contributed by atoms with E-state index in [9.17, 15) is 0 Å². The summed E-state index contributed by atoms with van der Waals surface area (Å²) in [6, 6.07) is 0.781. The molecule has 1 heteroatoms. The molecule has 0 saturated heterocycles. The standard InChI is InChI=1S/C15H27N/c1-4-5-8-11-16-14-12-9-6-7-10-13(12)15(14,2)3/h4-5,12-14,16H,6-11H2,1-3H3/b5-4+/t12-,13+,14?/m1/s1. The number of fused-ring (bicyclic) bond motifs is 1. The van der Waals surface area contributed by atoms with Crippen LogP contribution in [0, 0.1) is 17.3 Å². The van der Waals surface area contributed by atoms with Gasteiger partial charge in [-0.05, 0) is 50.0 Å². The summed E-state index contributed by atoms with van der Waals surface area (Å²) >= 11 is 0. The normalized spacial score (nSPS) is 37.1. The monoisotopic (exact) mass is 221 g/mol. The summed E-state index contributed by atoms with van der Waals surface area (Å²) in [4.78, 5) is 0. The molecular weight excluding hydrogens is 194 g/mol. The Balaban J connectivity index is 1.84. The Bertz CT molecular complexity index is 254. The number of allylic oxidation sites excluding steroid dienone is 1. The van der Waals surface area contributed by atoms with Gasteiger partial charge >= 0.3 is 0 Å². The van der Waals surface area contributed by atoms with Gasteiger partial charge in [-0.15, -0.1) is 0 Å². The molecule has 0 aromatic rings. The van der Waals surface area contributed by atoms with E-state index in [2.05, 4.69) is 38.2 Å². The smallest absolute Gasteiger partial charge is 0.0152 e. The molecule has 1 N–H and O–H groups in total. The second kappa shape index (κ2) is 4.91. The van der Waals surface area contributed by atoms with Crippen LogP contribution >= 0.6 is 0 Å². The summed E-state index contributed by atoms with van der Waals surface area (Å²) in [5, 5.41) is 3.79. The van der Waals surface area contributed by atoms with Crippen LogP contribution in [-0.4, -0.2) is 12.6 Å². The fourth-order valence-corrected chi connectivity index (χ4v) is 4.05.